The van der Waals surface area contributed by atoms with Gasteiger partial charge in [0.1, 0.15) is 0 Å². The Balaban J connectivity index is 0. The lowest BCUT2D eigenvalue weighted by atomic mass is 10.3. The molecule has 0 aromatic rings. The van der Waals surface area contributed by atoms with E-state index in [0.29, 0.717) is 5.57 Å². The van der Waals surface area contributed by atoms with Crippen LogP contribution in [0.25, 0.3) is 0 Å². The van der Waals surface area contributed by atoms with Gasteiger partial charge in [-0.15, -0.1) is 0 Å². The minimum absolute atomic E-state index is 0. The highest BCUT2D eigenvalue weighted by atomic mass is 16.1. The molecule has 0 aromatic heterocycles. The number of carbonyl (C=O) groups is 1. The van der Waals surface area contributed by atoms with Crippen molar-refractivity contribution in [2.75, 3.05) is 0 Å². The van der Waals surface area contributed by atoms with E-state index in [1.165, 1.54) is 6.08 Å². The molecule has 0 fully saturated rings. The Labute approximate surface area is 49.2 Å². The fourth-order valence-corrected chi connectivity index (χ4v) is 0.207. The van der Waals surface area contributed by atoms with Crippen molar-refractivity contribution < 1.29 is 6.22 Å². The second kappa shape index (κ2) is 2.96. The molecule has 3 heteroatoms. The Morgan fingerprint density at radius 1 is 1.88 bits per heavy atom. The molecule has 0 aromatic carbocycles. The number of hydrogen-bond acceptors (Lipinski definition) is 2. The Morgan fingerprint density at radius 3 is 2.50 bits per heavy atom. The Morgan fingerprint density at radius 2 is 2.38 bits per heavy atom. The normalized spacial score (nSPS) is 10.9. The predicted molar refractivity (Wildman–Crippen MR) is 33.8 cm³/mol. The fraction of sp³-hybridized carbons (Fsp3) is 0.200. The predicted octanol–water partition coefficient (Wildman–Crippen LogP) is 0.314. The third-order valence-corrected chi connectivity index (χ3v) is 0.722. The first-order chi connectivity index (χ1) is 3.68. The number of carbonyl (C=O) groups excluding carboxylic acids is 1. The zero-order valence-corrected chi connectivity index (χ0v) is 4.64. The number of nitrogens with two attached hydrogens (primary N) is 1. The van der Waals surface area contributed by atoms with E-state index < -0.39 is 5.91 Å². The molecule has 0 rings (SSSR count). The highest BCUT2D eigenvalue weighted by Crippen LogP contribution is 1.84. The third-order valence-electron chi connectivity index (χ3n) is 0.722. The van der Waals surface area contributed by atoms with Crippen molar-refractivity contribution >= 4 is 12.1 Å². The molecule has 3 N–H and O–H groups in total. The largest absolute Gasteiger partial charge is 0.366 e. The van der Waals surface area contributed by atoms with Gasteiger partial charge in [-0.05, 0) is 13.0 Å². The molecule has 0 aliphatic heterocycles. The van der Waals surface area contributed by atoms with E-state index in [4.69, 9.17) is 11.1 Å². The second-order valence-corrected chi connectivity index (χ2v) is 1.38. The second-order valence-electron chi connectivity index (χ2n) is 1.38. The Kier molecular flexibility index (Phi) is 2.54. The molecule has 0 spiro atoms. The van der Waals surface area contributed by atoms with Crippen LogP contribution in [0.3, 0.4) is 0 Å². The van der Waals surface area contributed by atoms with Gasteiger partial charge < -0.3 is 11.1 Å². The number of hydrogen-bond donors (Lipinski definition) is 2. The molecule has 0 aliphatic carbocycles. The summed E-state index contributed by atoms with van der Waals surface area (Å²) in [6.45, 7) is 1.56. The van der Waals surface area contributed by atoms with E-state index in [-0.39, 0.29) is 1.43 Å². The van der Waals surface area contributed by atoms with Gasteiger partial charge in [-0.25, -0.2) is 0 Å². The number of primary amides is 1. The number of rotatable bonds is 2. The quantitative estimate of drug-likeness (QED) is 0.394. The summed E-state index contributed by atoms with van der Waals surface area (Å²) in [5.41, 5.74) is 5.21. The summed E-state index contributed by atoms with van der Waals surface area (Å²) in [7, 11) is 0. The van der Waals surface area contributed by atoms with Crippen LogP contribution in [0.5, 0.6) is 0 Å². The van der Waals surface area contributed by atoms with E-state index in [9.17, 15) is 4.79 Å². The summed E-state index contributed by atoms with van der Waals surface area (Å²) >= 11 is 0. The molecule has 0 saturated heterocycles. The summed E-state index contributed by atoms with van der Waals surface area (Å²) in [4.78, 5) is 10.1. The molecule has 0 radical (unpaired) electrons. The number of amides is 1. The van der Waals surface area contributed by atoms with E-state index in [0.717, 1.165) is 6.21 Å². The lowest BCUT2D eigenvalue weighted by Crippen LogP contribution is -2.11. The molecule has 3 nitrogen and oxygen atoms in total. The molecule has 46 valence electrons. The maximum Gasteiger partial charge on any atom is 0.244 e. The van der Waals surface area contributed by atoms with E-state index in [1.807, 2.05) is 0 Å². The van der Waals surface area contributed by atoms with Gasteiger partial charge >= 0.3 is 0 Å². The molecule has 0 heterocycles. The first-order valence-corrected chi connectivity index (χ1v) is 2.15. The zero-order chi connectivity index (χ0) is 6.57. The highest BCUT2D eigenvalue weighted by Gasteiger charge is 1.91. The first kappa shape index (κ1) is 6.88. The van der Waals surface area contributed by atoms with Gasteiger partial charge in [0.15, 0.2) is 0 Å². The fourth-order valence-electron chi connectivity index (χ4n) is 0.207. The van der Waals surface area contributed by atoms with Gasteiger partial charge in [0.05, 0.1) is 0 Å². The summed E-state index contributed by atoms with van der Waals surface area (Å²) in [6, 6.07) is 0. The van der Waals surface area contributed by atoms with Gasteiger partial charge in [0.2, 0.25) is 5.91 Å². The monoisotopic (exact) mass is 114 g/mol. The summed E-state index contributed by atoms with van der Waals surface area (Å²) < 4.78 is 0. The zero-order valence-electron chi connectivity index (χ0n) is 4.64. The van der Waals surface area contributed by atoms with E-state index in [1.54, 1.807) is 6.92 Å². The minimum Gasteiger partial charge on any atom is -0.366 e. The molecular formula is C5H10N2O. The van der Waals surface area contributed by atoms with E-state index in [2.05, 4.69) is 0 Å². The van der Waals surface area contributed by atoms with E-state index >= 15 is 0 Å². The lowest BCUT2D eigenvalue weighted by Gasteiger charge is -1.86. The van der Waals surface area contributed by atoms with Crippen molar-refractivity contribution in [3.8, 4) is 0 Å². The molecule has 0 aliphatic rings. The van der Waals surface area contributed by atoms with Gasteiger partial charge in [-0.2, -0.15) is 0 Å². The summed E-state index contributed by atoms with van der Waals surface area (Å²) in [5, 5.41) is 6.52. The van der Waals surface area contributed by atoms with Crippen molar-refractivity contribution in [1.82, 2.24) is 0 Å². The number of nitrogens with one attached hydrogen (secondary N) is 1. The van der Waals surface area contributed by atoms with Crippen molar-refractivity contribution in [1.29, 1.82) is 5.41 Å². The Hall–Kier alpha value is -1.12. The standard InChI is InChI=1S/C5H8N2O.H2/c1-4(2-3-6)5(7)8;/h2-3,6H,1H3,(H2,7,8);1H/b4-2-,6-3?;. The summed E-state index contributed by atoms with van der Waals surface area (Å²) in [5.74, 6) is -0.478. The topological polar surface area (TPSA) is 66.9 Å². The summed E-state index contributed by atoms with van der Waals surface area (Å²) in [6.07, 6.45) is 2.38. The van der Waals surface area contributed by atoms with Crippen LogP contribution in [0.2, 0.25) is 0 Å². The highest BCUT2D eigenvalue weighted by molar-refractivity contribution is 5.95. The average Bonchev–Trinajstić information content (AvgIpc) is 1.67. The van der Waals surface area contributed by atoms with Crippen molar-refractivity contribution in [3.05, 3.63) is 11.6 Å². The smallest absolute Gasteiger partial charge is 0.244 e. The van der Waals surface area contributed by atoms with Gasteiger partial charge in [-0.3, -0.25) is 4.79 Å². The molecule has 1 amide bonds. The van der Waals surface area contributed by atoms with Gasteiger partial charge in [0, 0.05) is 13.2 Å². The van der Waals surface area contributed by atoms with Crippen LogP contribution in [0.1, 0.15) is 8.35 Å². The Bertz CT molecular complexity index is 142. The van der Waals surface area contributed by atoms with Crippen LogP contribution in [0.15, 0.2) is 11.6 Å². The SMILES string of the molecule is C/C(=C/C=N)C(N)=O.[HH]. The maximum atomic E-state index is 10.1. The van der Waals surface area contributed by atoms with Gasteiger partial charge in [-0.1, -0.05) is 0 Å². The lowest BCUT2D eigenvalue weighted by molar-refractivity contribution is -0.114. The molecule has 0 atom stereocenters. The molecule has 0 saturated carbocycles. The van der Waals surface area contributed by atoms with Crippen LogP contribution in [0, 0.1) is 5.41 Å². The molecule has 0 bridgehead atoms. The van der Waals surface area contributed by atoms with Crippen LogP contribution in [0.4, 0.5) is 0 Å². The third kappa shape index (κ3) is 2.12. The minimum atomic E-state index is -0.478. The average molecular weight is 114 g/mol. The van der Waals surface area contributed by atoms with Crippen LogP contribution >= 0.6 is 0 Å². The van der Waals surface area contributed by atoms with Crippen LogP contribution in [-0.2, 0) is 4.79 Å². The number of allylic oxidation sites excluding steroid dienone is 1. The molecule has 0 unspecified atom stereocenters. The van der Waals surface area contributed by atoms with Crippen LogP contribution in [-0.4, -0.2) is 12.1 Å². The first-order valence-electron chi connectivity index (χ1n) is 2.15. The van der Waals surface area contributed by atoms with Crippen molar-refractivity contribution in [3.63, 3.8) is 0 Å². The van der Waals surface area contributed by atoms with Crippen LogP contribution < -0.4 is 5.73 Å². The maximum absolute atomic E-state index is 10.1. The van der Waals surface area contributed by atoms with Crippen molar-refractivity contribution in [2.24, 2.45) is 5.73 Å². The van der Waals surface area contributed by atoms with Crippen molar-refractivity contribution in [2.45, 2.75) is 6.92 Å². The van der Waals surface area contributed by atoms with Gasteiger partial charge in [0.25, 0.3) is 0 Å². The molecular weight excluding hydrogens is 104 g/mol. The molecule has 8 heavy (non-hydrogen) atoms.